The van der Waals surface area contributed by atoms with E-state index >= 15 is 0 Å². The Labute approximate surface area is 178 Å². The van der Waals surface area contributed by atoms with Crippen LogP contribution in [0.25, 0.3) is 0 Å². The van der Waals surface area contributed by atoms with Crippen molar-refractivity contribution >= 4 is 13.8 Å². The fraction of sp³-hybridized carbons (Fsp3) is 0.350. The van der Waals surface area contributed by atoms with E-state index in [9.17, 15) is 34.7 Å². The second kappa shape index (κ2) is 12.0. The van der Waals surface area contributed by atoms with Crippen LogP contribution in [0.4, 0.5) is 0 Å². The summed E-state index contributed by atoms with van der Waals surface area (Å²) in [4.78, 5) is 21.5. The molecule has 1 unspecified atom stereocenters. The van der Waals surface area contributed by atoms with Crippen molar-refractivity contribution in [3.05, 3.63) is 71.8 Å². The van der Waals surface area contributed by atoms with Gasteiger partial charge in [-0.2, -0.15) is 0 Å². The van der Waals surface area contributed by atoms with Gasteiger partial charge >= 0.3 is 13.8 Å². The molecule has 11 heteroatoms. The molecule has 2 aromatic carbocycles. The fourth-order valence-electron chi connectivity index (χ4n) is 2.40. The summed E-state index contributed by atoms with van der Waals surface area (Å²) in [5.74, 6) is -1.22. The van der Waals surface area contributed by atoms with Gasteiger partial charge in [-0.1, -0.05) is 60.7 Å². The molecule has 0 aliphatic rings. The van der Waals surface area contributed by atoms with Crippen LogP contribution in [0.15, 0.2) is 60.7 Å². The van der Waals surface area contributed by atoms with Gasteiger partial charge in [-0.25, -0.2) is 9.36 Å². The van der Waals surface area contributed by atoms with E-state index in [0.29, 0.717) is 11.1 Å². The minimum absolute atomic E-state index is 0.169. The number of aliphatic hydroxyl groups excluding tert-OH is 4. The van der Waals surface area contributed by atoms with Crippen LogP contribution in [0.5, 0.6) is 0 Å². The summed E-state index contributed by atoms with van der Waals surface area (Å²) in [5, 5.41) is 39.6. The Morgan fingerprint density at radius 3 is 1.87 bits per heavy atom. The van der Waals surface area contributed by atoms with E-state index in [4.69, 9.17) is 9.26 Å². The number of aliphatic hydroxyl groups is 4. The van der Waals surface area contributed by atoms with Gasteiger partial charge in [0.1, 0.15) is 24.9 Å². The summed E-state index contributed by atoms with van der Waals surface area (Å²) >= 11 is 0. The number of esters is 1. The molecule has 0 fully saturated rings. The van der Waals surface area contributed by atoms with Crippen LogP contribution in [0.2, 0.25) is 0 Å². The van der Waals surface area contributed by atoms with Crippen LogP contribution in [-0.2, 0) is 36.4 Å². The molecule has 5 atom stereocenters. The van der Waals surface area contributed by atoms with Gasteiger partial charge in [0.05, 0.1) is 13.2 Å². The molecule has 0 aliphatic heterocycles. The molecule has 0 aromatic heterocycles. The molecule has 0 spiro atoms. The lowest BCUT2D eigenvalue weighted by Crippen LogP contribution is -2.49. The number of ether oxygens (including phenoxy) is 1. The molecule has 2 aromatic rings. The maximum absolute atomic E-state index is 11.9. The molecule has 10 nitrogen and oxygen atoms in total. The highest BCUT2D eigenvalue weighted by atomic mass is 31.2. The van der Waals surface area contributed by atoms with Crippen molar-refractivity contribution in [3.63, 3.8) is 0 Å². The largest absolute Gasteiger partial charge is 0.472 e. The van der Waals surface area contributed by atoms with E-state index in [1.807, 2.05) is 0 Å². The summed E-state index contributed by atoms with van der Waals surface area (Å²) < 4.78 is 26.1. The Kier molecular flexibility index (Phi) is 9.76. The maximum atomic E-state index is 11.9. The fourth-order valence-corrected chi connectivity index (χ4v) is 3.13. The number of benzene rings is 2. The van der Waals surface area contributed by atoms with Gasteiger partial charge in [-0.15, -0.1) is 0 Å². The standard InChI is InChI=1S/C20H25O10P/c21-16(13-30-31(26,27)29-12-15-9-5-2-6-10-15)17(22)18(23)19(24)20(25)28-11-14-7-3-1-4-8-14/h1-10,16-19,21-24H,11-13H2,(H,26,27)/t16-,17-,18+,19-/m1/s1. The van der Waals surface area contributed by atoms with Crippen LogP contribution in [-0.4, -0.2) is 62.3 Å². The summed E-state index contributed by atoms with van der Waals surface area (Å²) in [6.07, 6.45) is -8.28. The molecule has 5 N–H and O–H groups in total. The predicted molar refractivity (Wildman–Crippen MR) is 107 cm³/mol. The predicted octanol–water partition coefficient (Wildman–Crippen LogP) is 0.507. The summed E-state index contributed by atoms with van der Waals surface area (Å²) in [6.45, 7) is -1.31. The zero-order chi connectivity index (χ0) is 22.9. The molecule has 2 rings (SSSR count). The normalized spacial score (nSPS) is 17.2. The number of rotatable bonds is 12. The van der Waals surface area contributed by atoms with Gasteiger partial charge in [-0.05, 0) is 11.1 Å². The topological polar surface area (TPSA) is 163 Å². The first-order valence-electron chi connectivity index (χ1n) is 9.28. The average molecular weight is 456 g/mol. The molecule has 0 aliphatic carbocycles. The zero-order valence-electron chi connectivity index (χ0n) is 16.4. The molecule has 0 saturated heterocycles. The highest BCUT2D eigenvalue weighted by Gasteiger charge is 2.36. The average Bonchev–Trinajstić information content (AvgIpc) is 2.79. The Morgan fingerprint density at radius 2 is 1.32 bits per heavy atom. The number of phosphoric ester groups is 1. The number of phosphoric acid groups is 1. The van der Waals surface area contributed by atoms with Crippen LogP contribution in [0.1, 0.15) is 11.1 Å². The van der Waals surface area contributed by atoms with Crippen LogP contribution in [0.3, 0.4) is 0 Å². The van der Waals surface area contributed by atoms with Gasteiger partial charge in [0, 0.05) is 0 Å². The van der Waals surface area contributed by atoms with E-state index in [-0.39, 0.29) is 13.2 Å². The second-order valence-electron chi connectivity index (χ2n) is 6.61. The number of carbonyl (C=O) groups excluding carboxylic acids is 1. The Balaban J connectivity index is 1.78. The summed E-state index contributed by atoms with van der Waals surface area (Å²) in [7, 11) is -4.58. The SMILES string of the molecule is O=C(OCc1ccccc1)[C@H](O)[C@@H](O)[C@H](O)[C@H](O)COP(=O)(O)OCc1ccccc1. The Hall–Kier alpha value is -2.14. The molecule has 0 heterocycles. The third kappa shape index (κ3) is 8.48. The molecule has 0 saturated carbocycles. The van der Waals surface area contributed by atoms with Crippen molar-refractivity contribution in [1.82, 2.24) is 0 Å². The molecule has 0 bridgehead atoms. The minimum Gasteiger partial charge on any atom is -0.459 e. The molecular formula is C20H25O10P. The molecule has 0 radical (unpaired) electrons. The van der Waals surface area contributed by atoms with E-state index < -0.39 is 44.8 Å². The van der Waals surface area contributed by atoms with Crippen molar-refractivity contribution in [2.75, 3.05) is 6.61 Å². The van der Waals surface area contributed by atoms with E-state index in [2.05, 4.69) is 4.52 Å². The first-order valence-corrected chi connectivity index (χ1v) is 10.8. The number of hydrogen-bond acceptors (Lipinski definition) is 9. The van der Waals surface area contributed by atoms with Gasteiger partial charge in [0.25, 0.3) is 0 Å². The van der Waals surface area contributed by atoms with Crippen LogP contribution >= 0.6 is 7.82 Å². The Morgan fingerprint density at radius 1 is 0.806 bits per heavy atom. The van der Waals surface area contributed by atoms with Crippen molar-refractivity contribution in [1.29, 1.82) is 0 Å². The van der Waals surface area contributed by atoms with E-state index in [1.54, 1.807) is 60.7 Å². The van der Waals surface area contributed by atoms with Gasteiger partial charge in [-0.3, -0.25) is 9.05 Å². The van der Waals surface area contributed by atoms with Gasteiger partial charge < -0.3 is 30.1 Å². The third-order valence-corrected chi connectivity index (χ3v) is 5.11. The highest BCUT2D eigenvalue weighted by Crippen LogP contribution is 2.44. The highest BCUT2D eigenvalue weighted by molar-refractivity contribution is 7.47. The van der Waals surface area contributed by atoms with E-state index in [0.717, 1.165) is 0 Å². The van der Waals surface area contributed by atoms with Crippen molar-refractivity contribution in [3.8, 4) is 0 Å². The monoisotopic (exact) mass is 456 g/mol. The third-order valence-electron chi connectivity index (χ3n) is 4.18. The van der Waals surface area contributed by atoms with Gasteiger partial charge in [0.15, 0.2) is 6.10 Å². The molecule has 31 heavy (non-hydrogen) atoms. The van der Waals surface area contributed by atoms with Crippen molar-refractivity contribution in [2.24, 2.45) is 0 Å². The van der Waals surface area contributed by atoms with Gasteiger partial charge in [0.2, 0.25) is 0 Å². The molecular weight excluding hydrogens is 431 g/mol. The van der Waals surface area contributed by atoms with Crippen LogP contribution < -0.4 is 0 Å². The lowest BCUT2D eigenvalue weighted by Gasteiger charge is -2.25. The van der Waals surface area contributed by atoms with Crippen LogP contribution in [0, 0.1) is 0 Å². The lowest BCUT2D eigenvalue weighted by molar-refractivity contribution is -0.171. The second-order valence-corrected chi connectivity index (χ2v) is 8.06. The lowest BCUT2D eigenvalue weighted by atomic mass is 10.0. The quantitative estimate of drug-likeness (QED) is 0.225. The first-order chi connectivity index (χ1) is 14.7. The molecule has 0 amide bonds. The molecule has 170 valence electrons. The number of hydrogen-bond donors (Lipinski definition) is 5. The van der Waals surface area contributed by atoms with Crippen molar-refractivity contribution < 1.29 is 48.5 Å². The Bertz CT molecular complexity index is 848. The number of carbonyl (C=O) groups is 1. The minimum atomic E-state index is -4.58. The van der Waals surface area contributed by atoms with E-state index in [1.165, 1.54) is 0 Å². The summed E-state index contributed by atoms with van der Waals surface area (Å²) in [5.41, 5.74) is 1.24. The summed E-state index contributed by atoms with van der Waals surface area (Å²) in [6, 6.07) is 17.1. The van der Waals surface area contributed by atoms with Crippen molar-refractivity contribution in [2.45, 2.75) is 37.6 Å². The first kappa shape index (κ1) is 25.1. The zero-order valence-corrected chi connectivity index (χ0v) is 17.3. The maximum Gasteiger partial charge on any atom is 0.472 e. The smallest absolute Gasteiger partial charge is 0.459 e.